The minimum atomic E-state index is -0.193. The van der Waals surface area contributed by atoms with Gasteiger partial charge in [-0.05, 0) is 59.8 Å². The summed E-state index contributed by atoms with van der Waals surface area (Å²) in [6.07, 6.45) is 1.13. The number of hydrogen-bond acceptors (Lipinski definition) is 3. The molecule has 0 aliphatic carbocycles. The van der Waals surface area contributed by atoms with Gasteiger partial charge in [0.2, 0.25) is 0 Å². The van der Waals surface area contributed by atoms with Crippen LogP contribution in [0.25, 0.3) is 0 Å². The molecular formula is C25H37NO2. The summed E-state index contributed by atoms with van der Waals surface area (Å²) in [5, 5.41) is 21.6. The molecule has 0 saturated heterocycles. The van der Waals surface area contributed by atoms with E-state index in [2.05, 4.69) is 41.5 Å². The normalized spacial score (nSPS) is 12.6. The van der Waals surface area contributed by atoms with E-state index in [1.807, 2.05) is 38.1 Å². The maximum atomic E-state index is 10.8. The van der Waals surface area contributed by atoms with Crippen LogP contribution in [-0.2, 0) is 23.7 Å². The predicted molar refractivity (Wildman–Crippen MR) is 118 cm³/mol. The van der Waals surface area contributed by atoms with Crippen LogP contribution < -0.4 is 5.73 Å². The molecule has 154 valence electrons. The van der Waals surface area contributed by atoms with E-state index >= 15 is 0 Å². The first kappa shape index (κ1) is 22.3. The molecule has 0 saturated carbocycles. The van der Waals surface area contributed by atoms with Gasteiger partial charge in [-0.25, -0.2) is 0 Å². The van der Waals surface area contributed by atoms with Crippen molar-refractivity contribution in [2.45, 2.75) is 85.1 Å². The zero-order valence-corrected chi connectivity index (χ0v) is 18.8. The van der Waals surface area contributed by atoms with Crippen LogP contribution in [-0.4, -0.2) is 16.3 Å². The van der Waals surface area contributed by atoms with Crippen LogP contribution >= 0.6 is 0 Å². The van der Waals surface area contributed by atoms with Crippen LogP contribution in [0.4, 0.5) is 0 Å². The average molecular weight is 384 g/mol. The quantitative estimate of drug-likeness (QED) is 0.660. The molecule has 2 rings (SSSR count). The first-order chi connectivity index (χ1) is 12.7. The summed E-state index contributed by atoms with van der Waals surface area (Å²) >= 11 is 0. The van der Waals surface area contributed by atoms with Crippen LogP contribution in [0.2, 0.25) is 0 Å². The molecular weight excluding hydrogens is 346 g/mol. The van der Waals surface area contributed by atoms with E-state index < -0.39 is 0 Å². The topological polar surface area (TPSA) is 66.5 Å². The highest BCUT2D eigenvalue weighted by atomic mass is 16.3. The van der Waals surface area contributed by atoms with E-state index in [0.717, 1.165) is 33.4 Å². The minimum Gasteiger partial charge on any atom is -0.507 e. The maximum Gasteiger partial charge on any atom is 0.122 e. The van der Waals surface area contributed by atoms with Crippen molar-refractivity contribution in [3.8, 4) is 11.5 Å². The van der Waals surface area contributed by atoms with Gasteiger partial charge in [0.1, 0.15) is 11.5 Å². The summed E-state index contributed by atoms with van der Waals surface area (Å²) in [6.45, 7) is 16.7. The molecule has 0 radical (unpaired) electrons. The fourth-order valence-electron chi connectivity index (χ4n) is 3.80. The Kier molecular flexibility index (Phi) is 6.20. The van der Waals surface area contributed by atoms with Gasteiger partial charge in [0.05, 0.1) is 0 Å². The largest absolute Gasteiger partial charge is 0.507 e. The Balaban J connectivity index is 2.33. The molecule has 3 heteroatoms. The van der Waals surface area contributed by atoms with E-state index in [1.165, 1.54) is 0 Å². The summed E-state index contributed by atoms with van der Waals surface area (Å²) in [6, 6.07) is 7.93. The van der Waals surface area contributed by atoms with Crippen molar-refractivity contribution in [1.82, 2.24) is 0 Å². The lowest BCUT2D eigenvalue weighted by Crippen LogP contribution is -2.26. The number of aryl methyl sites for hydroxylation is 2. The Morgan fingerprint density at radius 3 is 1.32 bits per heavy atom. The van der Waals surface area contributed by atoms with Crippen molar-refractivity contribution in [3.05, 3.63) is 57.6 Å². The smallest absolute Gasteiger partial charge is 0.122 e. The molecule has 4 N–H and O–H groups in total. The Morgan fingerprint density at radius 2 is 1.04 bits per heavy atom. The molecule has 2 aromatic carbocycles. The molecule has 0 aromatic heterocycles. The van der Waals surface area contributed by atoms with Crippen LogP contribution in [0.5, 0.6) is 11.5 Å². The molecule has 0 amide bonds. The van der Waals surface area contributed by atoms with Gasteiger partial charge in [0, 0.05) is 6.04 Å². The zero-order chi connectivity index (χ0) is 21.4. The van der Waals surface area contributed by atoms with Gasteiger partial charge in [0.15, 0.2) is 0 Å². The summed E-state index contributed by atoms with van der Waals surface area (Å²) < 4.78 is 0. The monoisotopic (exact) mass is 383 g/mol. The molecule has 0 fully saturated rings. The standard InChI is InChI=1S/C25H37NO2/c1-15-9-17(22(27)20(11-15)24(3,4)5)13-19(26)14-18-10-16(2)12-21(23(18)28)25(6,7)8/h9-12,19,27-28H,13-14,26H2,1-8H3. The maximum absolute atomic E-state index is 10.8. The second-order valence-electron chi connectivity index (χ2n) is 10.3. The van der Waals surface area contributed by atoms with Gasteiger partial charge in [-0.2, -0.15) is 0 Å². The third-order valence-electron chi connectivity index (χ3n) is 5.25. The average Bonchev–Trinajstić information content (AvgIpc) is 2.51. The lowest BCUT2D eigenvalue weighted by atomic mass is 9.82. The molecule has 0 aliphatic heterocycles. The van der Waals surface area contributed by atoms with Crippen LogP contribution in [0.1, 0.15) is 74.9 Å². The van der Waals surface area contributed by atoms with Gasteiger partial charge in [-0.3, -0.25) is 0 Å². The van der Waals surface area contributed by atoms with Crippen molar-refractivity contribution in [1.29, 1.82) is 0 Å². The second kappa shape index (κ2) is 7.79. The Labute approximate surface area is 170 Å². The molecule has 0 aliphatic rings. The van der Waals surface area contributed by atoms with Gasteiger partial charge < -0.3 is 15.9 Å². The van der Waals surface area contributed by atoms with Gasteiger partial charge in [0.25, 0.3) is 0 Å². The van der Waals surface area contributed by atoms with Crippen molar-refractivity contribution < 1.29 is 10.2 Å². The van der Waals surface area contributed by atoms with Crippen molar-refractivity contribution in [2.24, 2.45) is 5.73 Å². The summed E-state index contributed by atoms with van der Waals surface area (Å²) in [5.74, 6) is 0.690. The van der Waals surface area contributed by atoms with E-state index in [9.17, 15) is 10.2 Å². The SMILES string of the molecule is Cc1cc(CC(N)Cc2cc(C)cc(C(C)(C)C)c2O)c(O)c(C(C)(C)C)c1. The number of hydrogen-bond donors (Lipinski definition) is 3. The van der Waals surface area contributed by atoms with E-state index in [0.29, 0.717) is 24.3 Å². The third-order valence-corrected chi connectivity index (χ3v) is 5.25. The number of phenolic OH excluding ortho intramolecular Hbond substituents is 2. The number of aromatic hydroxyl groups is 2. The second-order valence-corrected chi connectivity index (χ2v) is 10.3. The first-order valence-corrected chi connectivity index (χ1v) is 10.1. The molecule has 28 heavy (non-hydrogen) atoms. The lowest BCUT2D eigenvalue weighted by Gasteiger charge is -2.25. The highest BCUT2D eigenvalue weighted by molar-refractivity contribution is 5.49. The number of benzene rings is 2. The van der Waals surface area contributed by atoms with Crippen molar-refractivity contribution in [2.75, 3.05) is 0 Å². The van der Waals surface area contributed by atoms with Crippen LogP contribution in [0.15, 0.2) is 24.3 Å². The third kappa shape index (κ3) is 5.08. The molecule has 0 spiro atoms. The van der Waals surface area contributed by atoms with Gasteiger partial charge in [-0.1, -0.05) is 76.9 Å². The molecule has 2 aromatic rings. The summed E-state index contributed by atoms with van der Waals surface area (Å²) in [4.78, 5) is 0. The highest BCUT2D eigenvalue weighted by Crippen LogP contribution is 2.37. The zero-order valence-electron chi connectivity index (χ0n) is 18.8. The minimum absolute atomic E-state index is 0.134. The molecule has 3 nitrogen and oxygen atoms in total. The van der Waals surface area contributed by atoms with E-state index in [4.69, 9.17) is 5.73 Å². The summed E-state index contributed by atoms with van der Waals surface area (Å²) in [5.41, 5.74) is 12.1. The molecule has 0 heterocycles. The van der Waals surface area contributed by atoms with Crippen LogP contribution in [0.3, 0.4) is 0 Å². The molecule has 0 atom stereocenters. The van der Waals surface area contributed by atoms with E-state index in [-0.39, 0.29) is 16.9 Å². The number of phenols is 2. The number of rotatable bonds is 4. The van der Waals surface area contributed by atoms with Crippen molar-refractivity contribution in [3.63, 3.8) is 0 Å². The fourth-order valence-corrected chi connectivity index (χ4v) is 3.80. The predicted octanol–water partition coefficient (Wildman–Crippen LogP) is 5.42. The number of nitrogens with two attached hydrogens (primary N) is 1. The van der Waals surface area contributed by atoms with Gasteiger partial charge in [-0.15, -0.1) is 0 Å². The van der Waals surface area contributed by atoms with E-state index in [1.54, 1.807) is 0 Å². The molecule has 0 unspecified atom stereocenters. The highest BCUT2D eigenvalue weighted by Gasteiger charge is 2.24. The van der Waals surface area contributed by atoms with Crippen molar-refractivity contribution >= 4 is 0 Å². The fraction of sp³-hybridized carbons (Fsp3) is 0.520. The Bertz CT molecular complexity index is 783. The first-order valence-electron chi connectivity index (χ1n) is 10.1. The van der Waals surface area contributed by atoms with Gasteiger partial charge >= 0.3 is 0 Å². The molecule has 0 bridgehead atoms. The Hall–Kier alpha value is -2.00. The Morgan fingerprint density at radius 1 is 0.714 bits per heavy atom. The summed E-state index contributed by atoms with van der Waals surface area (Å²) in [7, 11) is 0. The lowest BCUT2D eigenvalue weighted by molar-refractivity contribution is 0.432. The van der Waals surface area contributed by atoms with Crippen LogP contribution in [0, 0.1) is 13.8 Å².